The molecule has 1 heteroatoms. The van der Waals surface area contributed by atoms with Crippen molar-refractivity contribution in [2.75, 3.05) is 0 Å². The first kappa shape index (κ1) is 6.80. The SMILES string of the molecule is CC[CH]([SnH])CC. The molecule has 0 saturated carbocycles. The first-order valence-corrected chi connectivity index (χ1v) is 4.47. The summed E-state index contributed by atoms with van der Waals surface area (Å²) in [5, 5.41) is 0. The predicted octanol–water partition coefficient (Wildman–Crippen LogP) is 1.50. The van der Waals surface area contributed by atoms with Gasteiger partial charge in [-0.3, -0.25) is 0 Å². The van der Waals surface area contributed by atoms with E-state index in [4.69, 9.17) is 0 Å². The second kappa shape index (κ2) is 3.97. The van der Waals surface area contributed by atoms with Gasteiger partial charge in [0.1, 0.15) is 0 Å². The molecule has 0 spiro atoms. The van der Waals surface area contributed by atoms with E-state index < -0.39 is 0 Å². The molecule has 0 aliphatic heterocycles. The van der Waals surface area contributed by atoms with Crippen molar-refractivity contribution < 1.29 is 0 Å². The van der Waals surface area contributed by atoms with Crippen molar-refractivity contribution >= 4 is 22.5 Å². The third-order valence-corrected chi connectivity index (χ3v) is 3.74. The fraction of sp³-hybridized carbons (Fsp3) is 1.00. The molecule has 0 unspecified atom stereocenters. The van der Waals surface area contributed by atoms with Crippen LogP contribution in [0, 0.1) is 0 Å². The monoisotopic (exact) mass is 192 g/mol. The van der Waals surface area contributed by atoms with Gasteiger partial charge in [0.2, 0.25) is 0 Å². The standard InChI is InChI=1S/C5H11.Sn.H/c1-3-5-4-2;;/h5H,3-4H2,1-2H3;;. The number of rotatable bonds is 2. The Labute approximate surface area is 53.4 Å². The normalized spacial score (nSPS) is 10.0. The van der Waals surface area contributed by atoms with E-state index in [1.807, 2.05) is 0 Å². The van der Waals surface area contributed by atoms with Crippen LogP contribution in [0.2, 0.25) is 3.93 Å². The molecule has 0 aliphatic rings. The van der Waals surface area contributed by atoms with E-state index in [0.717, 1.165) is 3.93 Å². The minimum absolute atomic E-state index is 1.07. The van der Waals surface area contributed by atoms with Crippen LogP contribution in [0.1, 0.15) is 26.7 Å². The van der Waals surface area contributed by atoms with Crippen molar-refractivity contribution in [3.8, 4) is 0 Å². The summed E-state index contributed by atoms with van der Waals surface area (Å²) in [6, 6.07) is 0. The summed E-state index contributed by atoms with van der Waals surface area (Å²) in [5.74, 6) is 0. The average Bonchev–Trinajstić information content (AvgIpc) is 1.65. The summed E-state index contributed by atoms with van der Waals surface area (Å²) in [6.45, 7) is 4.53. The van der Waals surface area contributed by atoms with Crippen molar-refractivity contribution in [3.63, 3.8) is 0 Å². The fourth-order valence-corrected chi connectivity index (χ4v) is 0.289. The van der Waals surface area contributed by atoms with E-state index in [-0.39, 0.29) is 0 Å². The molecule has 0 N–H and O–H groups in total. The number of hydrogen-bond acceptors (Lipinski definition) is 0. The molecule has 0 saturated heterocycles. The maximum absolute atomic E-state index is 2.26. The minimum atomic E-state index is 1.07. The Balaban J connectivity index is 2.75. The molecule has 0 rings (SSSR count). The van der Waals surface area contributed by atoms with Crippen LogP contribution in [0.15, 0.2) is 0 Å². The van der Waals surface area contributed by atoms with E-state index in [1.54, 1.807) is 0 Å². The van der Waals surface area contributed by atoms with E-state index >= 15 is 0 Å². The Morgan fingerprint density at radius 2 is 1.67 bits per heavy atom. The van der Waals surface area contributed by atoms with Gasteiger partial charge in [-0.15, -0.1) is 0 Å². The van der Waals surface area contributed by atoms with Crippen LogP contribution in [0.4, 0.5) is 0 Å². The van der Waals surface area contributed by atoms with Gasteiger partial charge in [-0.1, -0.05) is 0 Å². The zero-order valence-electron chi connectivity index (χ0n) is 4.57. The maximum atomic E-state index is 2.26. The summed E-state index contributed by atoms with van der Waals surface area (Å²) in [4.78, 5) is 0. The number of hydrogen-bond donors (Lipinski definition) is 0. The van der Waals surface area contributed by atoms with Crippen LogP contribution in [0.5, 0.6) is 0 Å². The first-order chi connectivity index (χ1) is 2.81. The van der Waals surface area contributed by atoms with Gasteiger partial charge in [-0.25, -0.2) is 0 Å². The predicted molar refractivity (Wildman–Crippen MR) is 31.5 cm³/mol. The molecule has 0 heterocycles. The summed E-state index contributed by atoms with van der Waals surface area (Å²) in [6.07, 6.45) is 2.78. The summed E-state index contributed by atoms with van der Waals surface area (Å²) in [7, 11) is 0. The second-order valence-electron chi connectivity index (χ2n) is 1.58. The Kier molecular flexibility index (Phi) is 4.50. The van der Waals surface area contributed by atoms with E-state index in [1.165, 1.54) is 35.4 Å². The molecule has 6 heavy (non-hydrogen) atoms. The Morgan fingerprint density at radius 3 is 1.67 bits per heavy atom. The van der Waals surface area contributed by atoms with Gasteiger partial charge in [-0.2, -0.15) is 0 Å². The van der Waals surface area contributed by atoms with Crippen LogP contribution in [-0.4, -0.2) is 22.5 Å². The zero-order chi connectivity index (χ0) is 4.99. The van der Waals surface area contributed by atoms with Gasteiger partial charge < -0.3 is 0 Å². The molecule has 0 aromatic heterocycles. The molecule has 0 amide bonds. The summed E-state index contributed by atoms with van der Waals surface area (Å²) < 4.78 is 1.07. The van der Waals surface area contributed by atoms with Crippen molar-refractivity contribution in [1.29, 1.82) is 0 Å². The van der Waals surface area contributed by atoms with E-state index in [0.29, 0.717) is 0 Å². The molecule has 36 valence electrons. The fourth-order valence-electron chi connectivity index (χ4n) is 0.289. The van der Waals surface area contributed by atoms with Gasteiger partial charge >= 0.3 is 53.1 Å². The van der Waals surface area contributed by atoms with Crippen molar-refractivity contribution in [3.05, 3.63) is 0 Å². The van der Waals surface area contributed by atoms with Crippen LogP contribution in [-0.2, 0) is 0 Å². The third-order valence-electron chi connectivity index (χ3n) is 1.05. The van der Waals surface area contributed by atoms with Crippen molar-refractivity contribution in [2.24, 2.45) is 0 Å². The van der Waals surface area contributed by atoms with Gasteiger partial charge in [0.15, 0.2) is 0 Å². The van der Waals surface area contributed by atoms with Gasteiger partial charge in [0.05, 0.1) is 0 Å². The molecule has 0 aromatic rings. The quantitative estimate of drug-likeness (QED) is 0.580. The molecule has 2 radical (unpaired) electrons. The van der Waals surface area contributed by atoms with Crippen molar-refractivity contribution in [1.82, 2.24) is 0 Å². The molecule has 0 fully saturated rings. The molecular formula is C5H12Sn. The topological polar surface area (TPSA) is 0 Å². The first-order valence-electron chi connectivity index (χ1n) is 2.56. The van der Waals surface area contributed by atoms with Gasteiger partial charge in [0, 0.05) is 0 Å². The van der Waals surface area contributed by atoms with Crippen LogP contribution < -0.4 is 0 Å². The van der Waals surface area contributed by atoms with Crippen LogP contribution in [0.3, 0.4) is 0 Å². The van der Waals surface area contributed by atoms with Crippen molar-refractivity contribution in [2.45, 2.75) is 30.6 Å². The average molecular weight is 191 g/mol. The van der Waals surface area contributed by atoms with E-state index in [2.05, 4.69) is 13.8 Å². The molecule has 0 bridgehead atoms. The summed E-state index contributed by atoms with van der Waals surface area (Å²) in [5.41, 5.74) is 0. The zero-order valence-corrected chi connectivity index (χ0v) is 7.86. The Morgan fingerprint density at radius 1 is 1.33 bits per heavy atom. The summed E-state index contributed by atoms with van der Waals surface area (Å²) >= 11 is 1.45. The Hall–Kier alpha value is 0.799. The van der Waals surface area contributed by atoms with Gasteiger partial charge in [-0.05, 0) is 0 Å². The molecule has 0 aliphatic carbocycles. The second-order valence-corrected chi connectivity index (χ2v) is 4.27. The van der Waals surface area contributed by atoms with Crippen LogP contribution in [0.25, 0.3) is 0 Å². The Bertz CT molecular complexity index is 23.1. The molecule has 0 atom stereocenters. The van der Waals surface area contributed by atoms with Gasteiger partial charge in [0.25, 0.3) is 0 Å². The van der Waals surface area contributed by atoms with E-state index in [9.17, 15) is 0 Å². The molecule has 0 nitrogen and oxygen atoms in total. The molecular weight excluding hydrogens is 179 g/mol. The molecule has 0 aromatic carbocycles. The van der Waals surface area contributed by atoms with Crippen LogP contribution >= 0.6 is 0 Å². The third kappa shape index (κ3) is 3.01.